The molecule has 0 amide bonds. The fourth-order valence-electron chi connectivity index (χ4n) is 3.22. The van der Waals surface area contributed by atoms with Gasteiger partial charge in [0.2, 0.25) is 0 Å². The minimum Gasteiger partial charge on any atom is -0.508 e. The lowest BCUT2D eigenvalue weighted by molar-refractivity contribution is -0.225. The van der Waals surface area contributed by atoms with E-state index < -0.39 is 24.2 Å². The standard InChI is InChI=1S/C19H25F3O3/c1-2-3-4-5-6-17(19(20,21)22)25-18(24)15-8-7-14-12-16(23)10-9-13(14)11-15/h9-10,12,15,17,23H,2-8,11H2,1H3/t15-,17-/m1/s1. The Morgan fingerprint density at radius 3 is 2.72 bits per heavy atom. The van der Waals surface area contributed by atoms with Gasteiger partial charge in [-0.3, -0.25) is 4.79 Å². The molecule has 0 saturated carbocycles. The third-order valence-corrected chi connectivity index (χ3v) is 4.69. The van der Waals surface area contributed by atoms with Crippen molar-refractivity contribution in [2.75, 3.05) is 0 Å². The average molecular weight is 358 g/mol. The number of phenols is 1. The molecule has 1 aromatic carbocycles. The van der Waals surface area contributed by atoms with Gasteiger partial charge in [0.15, 0.2) is 6.10 Å². The number of ether oxygens (including phenoxy) is 1. The Kier molecular flexibility index (Phi) is 6.73. The number of esters is 1. The van der Waals surface area contributed by atoms with Gasteiger partial charge in [-0.1, -0.05) is 32.3 Å². The second-order valence-electron chi connectivity index (χ2n) is 6.71. The largest absolute Gasteiger partial charge is 0.508 e. The number of carbonyl (C=O) groups excluding carboxylic acids is 1. The summed E-state index contributed by atoms with van der Waals surface area (Å²) < 4.78 is 44.3. The van der Waals surface area contributed by atoms with Gasteiger partial charge in [-0.2, -0.15) is 13.2 Å². The van der Waals surface area contributed by atoms with Crippen LogP contribution in [0.25, 0.3) is 0 Å². The predicted molar refractivity (Wildman–Crippen MR) is 88.3 cm³/mol. The molecule has 0 heterocycles. The molecule has 25 heavy (non-hydrogen) atoms. The van der Waals surface area contributed by atoms with Crippen LogP contribution < -0.4 is 0 Å². The Bertz CT molecular complexity index is 584. The summed E-state index contributed by atoms with van der Waals surface area (Å²) in [6, 6.07) is 4.89. The molecule has 1 aromatic rings. The lowest BCUT2D eigenvalue weighted by atomic mass is 9.84. The zero-order valence-corrected chi connectivity index (χ0v) is 14.4. The van der Waals surface area contributed by atoms with Crippen molar-refractivity contribution in [3.8, 4) is 5.75 Å². The number of fused-ring (bicyclic) bond motifs is 1. The van der Waals surface area contributed by atoms with Crippen LogP contribution in [0.2, 0.25) is 0 Å². The summed E-state index contributed by atoms with van der Waals surface area (Å²) in [6.07, 6.45) is -2.44. The smallest absolute Gasteiger partial charge is 0.425 e. The van der Waals surface area contributed by atoms with Crippen LogP contribution in [0.4, 0.5) is 13.2 Å². The number of hydrogen-bond donors (Lipinski definition) is 1. The zero-order chi connectivity index (χ0) is 18.4. The molecule has 2 rings (SSSR count). The van der Waals surface area contributed by atoms with Gasteiger partial charge >= 0.3 is 12.1 Å². The average Bonchev–Trinajstić information content (AvgIpc) is 2.56. The van der Waals surface area contributed by atoms with Gasteiger partial charge in [0.05, 0.1) is 5.92 Å². The molecule has 140 valence electrons. The third-order valence-electron chi connectivity index (χ3n) is 4.69. The molecule has 0 aromatic heterocycles. The molecule has 0 aliphatic heterocycles. The molecule has 0 bridgehead atoms. The van der Waals surface area contributed by atoms with Crippen LogP contribution in [0.3, 0.4) is 0 Å². The summed E-state index contributed by atoms with van der Waals surface area (Å²) >= 11 is 0. The topological polar surface area (TPSA) is 46.5 Å². The van der Waals surface area contributed by atoms with E-state index in [4.69, 9.17) is 4.74 Å². The molecule has 0 spiro atoms. The van der Waals surface area contributed by atoms with Crippen LogP contribution in [0, 0.1) is 5.92 Å². The number of aryl methyl sites for hydroxylation is 1. The first-order valence-corrected chi connectivity index (χ1v) is 8.89. The van der Waals surface area contributed by atoms with Gasteiger partial charge in [-0.25, -0.2) is 0 Å². The predicted octanol–water partition coefficient (Wildman–Crippen LogP) is 4.94. The van der Waals surface area contributed by atoms with Crippen molar-refractivity contribution in [1.82, 2.24) is 0 Å². The molecule has 2 atom stereocenters. The lowest BCUT2D eigenvalue weighted by Gasteiger charge is -2.27. The number of carbonyl (C=O) groups is 1. The third kappa shape index (κ3) is 5.65. The molecule has 1 N–H and O–H groups in total. The summed E-state index contributed by atoms with van der Waals surface area (Å²) in [5.41, 5.74) is 1.83. The van der Waals surface area contributed by atoms with Crippen molar-refractivity contribution in [2.45, 2.75) is 70.6 Å². The van der Waals surface area contributed by atoms with Crippen molar-refractivity contribution >= 4 is 5.97 Å². The van der Waals surface area contributed by atoms with E-state index in [9.17, 15) is 23.1 Å². The number of benzene rings is 1. The summed E-state index contributed by atoms with van der Waals surface area (Å²) in [4.78, 5) is 12.2. The number of aromatic hydroxyl groups is 1. The molecule has 3 nitrogen and oxygen atoms in total. The molecule has 0 radical (unpaired) electrons. The van der Waals surface area contributed by atoms with Gasteiger partial charge in [-0.15, -0.1) is 0 Å². The van der Waals surface area contributed by atoms with Crippen molar-refractivity contribution in [2.24, 2.45) is 5.92 Å². The Morgan fingerprint density at radius 2 is 2.04 bits per heavy atom. The summed E-state index contributed by atoms with van der Waals surface area (Å²) in [5.74, 6) is -1.17. The van der Waals surface area contributed by atoms with E-state index in [0.717, 1.165) is 24.0 Å². The Labute approximate surface area is 146 Å². The van der Waals surface area contributed by atoms with E-state index in [1.54, 1.807) is 12.1 Å². The molecular formula is C19H25F3O3. The highest BCUT2D eigenvalue weighted by molar-refractivity contribution is 5.73. The van der Waals surface area contributed by atoms with Crippen LogP contribution in [0.15, 0.2) is 18.2 Å². The second-order valence-corrected chi connectivity index (χ2v) is 6.71. The van der Waals surface area contributed by atoms with E-state index in [1.807, 2.05) is 6.92 Å². The maximum absolute atomic E-state index is 13.1. The van der Waals surface area contributed by atoms with Crippen molar-refractivity contribution in [3.63, 3.8) is 0 Å². The first kappa shape index (κ1) is 19.6. The molecule has 6 heteroatoms. The molecular weight excluding hydrogens is 333 g/mol. The Hall–Kier alpha value is -1.72. The van der Waals surface area contributed by atoms with Crippen molar-refractivity contribution in [1.29, 1.82) is 0 Å². The van der Waals surface area contributed by atoms with Crippen LogP contribution in [-0.2, 0) is 22.4 Å². The summed E-state index contributed by atoms with van der Waals surface area (Å²) in [5, 5.41) is 9.48. The number of halogens is 3. The lowest BCUT2D eigenvalue weighted by Crippen LogP contribution is -2.37. The highest BCUT2D eigenvalue weighted by atomic mass is 19.4. The SMILES string of the molecule is CCCCCC[C@@H](OC(=O)[C@@H]1CCc2cc(O)ccc2C1)C(F)(F)F. The van der Waals surface area contributed by atoms with Gasteiger partial charge in [0.1, 0.15) is 5.75 Å². The van der Waals surface area contributed by atoms with Gasteiger partial charge in [-0.05, 0) is 55.4 Å². The Balaban J connectivity index is 1.95. The van der Waals surface area contributed by atoms with Crippen LogP contribution in [0.5, 0.6) is 5.75 Å². The molecule has 0 fully saturated rings. The highest BCUT2D eigenvalue weighted by Gasteiger charge is 2.43. The minimum atomic E-state index is -4.53. The van der Waals surface area contributed by atoms with Gasteiger partial charge < -0.3 is 9.84 Å². The monoisotopic (exact) mass is 358 g/mol. The van der Waals surface area contributed by atoms with Crippen LogP contribution in [0.1, 0.15) is 56.6 Å². The number of rotatable bonds is 7. The van der Waals surface area contributed by atoms with E-state index in [1.165, 1.54) is 6.07 Å². The molecule has 0 unspecified atom stereocenters. The first-order valence-electron chi connectivity index (χ1n) is 8.89. The number of phenolic OH excluding ortho intramolecular Hbond substituents is 1. The first-order chi connectivity index (χ1) is 11.8. The molecule has 0 saturated heterocycles. The molecule has 1 aliphatic rings. The number of unbranched alkanes of at least 4 members (excludes halogenated alkanes) is 3. The fourth-order valence-corrected chi connectivity index (χ4v) is 3.22. The van der Waals surface area contributed by atoms with Crippen molar-refractivity contribution in [3.05, 3.63) is 29.3 Å². The number of alkyl halides is 3. The second kappa shape index (κ2) is 8.59. The van der Waals surface area contributed by atoms with E-state index in [2.05, 4.69) is 0 Å². The van der Waals surface area contributed by atoms with E-state index >= 15 is 0 Å². The summed E-state index contributed by atoms with van der Waals surface area (Å²) in [7, 11) is 0. The fraction of sp³-hybridized carbons (Fsp3) is 0.632. The van der Waals surface area contributed by atoms with E-state index in [-0.39, 0.29) is 12.2 Å². The maximum atomic E-state index is 13.1. The molecule has 1 aliphatic carbocycles. The summed E-state index contributed by atoms with van der Waals surface area (Å²) in [6.45, 7) is 1.99. The van der Waals surface area contributed by atoms with Gasteiger partial charge in [0, 0.05) is 0 Å². The normalized spacial score (nSPS) is 18.5. The highest BCUT2D eigenvalue weighted by Crippen LogP contribution is 2.32. The Morgan fingerprint density at radius 1 is 1.28 bits per heavy atom. The van der Waals surface area contributed by atoms with Gasteiger partial charge in [0.25, 0.3) is 0 Å². The van der Waals surface area contributed by atoms with Crippen LogP contribution in [-0.4, -0.2) is 23.4 Å². The van der Waals surface area contributed by atoms with E-state index in [0.29, 0.717) is 32.1 Å². The van der Waals surface area contributed by atoms with Crippen molar-refractivity contribution < 1.29 is 27.8 Å². The number of hydrogen-bond acceptors (Lipinski definition) is 3. The quantitative estimate of drug-likeness (QED) is 0.555. The van der Waals surface area contributed by atoms with Crippen LogP contribution >= 0.6 is 0 Å². The zero-order valence-electron chi connectivity index (χ0n) is 14.4. The minimum absolute atomic E-state index is 0.156. The maximum Gasteiger partial charge on any atom is 0.425 e.